The van der Waals surface area contributed by atoms with Gasteiger partial charge in [0.05, 0.1) is 18.2 Å². The van der Waals surface area contributed by atoms with E-state index in [-0.39, 0.29) is 0 Å². The fraction of sp³-hybridized carbons (Fsp3) is 0.417. The number of hydrogen-bond acceptors (Lipinski definition) is 4. The first-order valence-electron chi connectivity index (χ1n) is 5.28. The number of aromatic nitrogens is 1. The number of ether oxygens (including phenoxy) is 1. The molecule has 0 saturated carbocycles. The summed E-state index contributed by atoms with van der Waals surface area (Å²) in [7, 11) is 5.75. The van der Waals surface area contributed by atoms with Crippen LogP contribution in [0.25, 0.3) is 11.0 Å². The second-order valence-electron chi connectivity index (χ2n) is 4.02. The molecule has 0 amide bonds. The Morgan fingerprint density at radius 2 is 2.19 bits per heavy atom. The summed E-state index contributed by atoms with van der Waals surface area (Å²) in [5.74, 6) is 0.826. The summed E-state index contributed by atoms with van der Waals surface area (Å²) in [4.78, 5) is 2.12. The maximum Gasteiger partial charge on any atom is 0.170 e. The van der Waals surface area contributed by atoms with Crippen LogP contribution in [0, 0.1) is 0 Å². The topological polar surface area (TPSA) is 38.5 Å². The standard InChI is InChI=1S/C12H16N2O2/c1-14(2)8-7-9-12-10(15-3)5-4-6-11(12)16-13-9/h4-6H,7-8H2,1-3H3. The van der Waals surface area contributed by atoms with Crippen LogP contribution in [-0.4, -0.2) is 37.8 Å². The van der Waals surface area contributed by atoms with Gasteiger partial charge in [-0.05, 0) is 26.2 Å². The summed E-state index contributed by atoms with van der Waals surface area (Å²) < 4.78 is 10.6. The second-order valence-corrected chi connectivity index (χ2v) is 4.02. The summed E-state index contributed by atoms with van der Waals surface area (Å²) in [6.45, 7) is 0.944. The first-order chi connectivity index (χ1) is 7.72. The molecule has 0 N–H and O–H groups in total. The first-order valence-corrected chi connectivity index (χ1v) is 5.28. The first kappa shape index (κ1) is 11.0. The maximum absolute atomic E-state index is 5.32. The zero-order chi connectivity index (χ0) is 11.5. The van der Waals surface area contributed by atoms with Gasteiger partial charge in [-0.1, -0.05) is 11.2 Å². The monoisotopic (exact) mass is 220 g/mol. The molecule has 1 aromatic carbocycles. The Balaban J connectivity index is 2.38. The van der Waals surface area contributed by atoms with Crippen molar-refractivity contribution in [3.8, 4) is 5.75 Å². The van der Waals surface area contributed by atoms with Crippen LogP contribution in [0.5, 0.6) is 5.75 Å². The third-order valence-electron chi connectivity index (χ3n) is 2.55. The predicted molar refractivity (Wildman–Crippen MR) is 62.8 cm³/mol. The quantitative estimate of drug-likeness (QED) is 0.789. The van der Waals surface area contributed by atoms with E-state index in [4.69, 9.17) is 9.26 Å². The average molecular weight is 220 g/mol. The molecule has 0 aliphatic carbocycles. The van der Waals surface area contributed by atoms with Crippen molar-refractivity contribution in [2.75, 3.05) is 27.7 Å². The van der Waals surface area contributed by atoms with E-state index in [1.165, 1.54) is 0 Å². The van der Waals surface area contributed by atoms with Crippen LogP contribution < -0.4 is 4.74 Å². The van der Waals surface area contributed by atoms with Gasteiger partial charge in [0.15, 0.2) is 5.58 Å². The van der Waals surface area contributed by atoms with E-state index >= 15 is 0 Å². The molecule has 4 heteroatoms. The molecule has 86 valence electrons. The lowest BCUT2D eigenvalue weighted by Crippen LogP contribution is -2.15. The van der Waals surface area contributed by atoms with Crippen LogP contribution in [-0.2, 0) is 6.42 Å². The van der Waals surface area contributed by atoms with Gasteiger partial charge in [-0.25, -0.2) is 0 Å². The van der Waals surface area contributed by atoms with Crippen LogP contribution in [0.1, 0.15) is 5.69 Å². The van der Waals surface area contributed by atoms with Crippen molar-refractivity contribution in [3.05, 3.63) is 23.9 Å². The Hall–Kier alpha value is -1.55. The van der Waals surface area contributed by atoms with E-state index in [1.807, 2.05) is 32.3 Å². The Labute approximate surface area is 94.8 Å². The van der Waals surface area contributed by atoms with E-state index in [0.717, 1.165) is 35.4 Å². The Bertz CT molecular complexity index is 477. The van der Waals surface area contributed by atoms with Crippen molar-refractivity contribution in [2.24, 2.45) is 0 Å². The molecular weight excluding hydrogens is 204 g/mol. The van der Waals surface area contributed by atoms with Gasteiger partial charge in [0.2, 0.25) is 0 Å². The zero-order valence-electron chi connectivity index (χ0n) is 9.86. The van der Waals surface area contributed by atoms with Crippen molar-refractivity contribution < 1.29 is 9.26 Å². The van der Waals surface area contributed by atoms with E-state index < -0.39 is 0 Å². The highest BCUT2D eigenvalue weighted by atomic mass is 16.5. The molecule has 0 aliphatic rings. The third-order valence-corrected chi connectivity index (χ3v) is 2.55. The van der Waals surface area contributed by atoms with E-state index in [1.54, 1.807) is 7.11 Å². The molecule has 0 bridgehead atoms. The van der Waals surface area contributed by atoms with E-state index in [9.17, 15) is 0 Å². The van der Waals surface area contributed by atoms with Crippen molar-refractivity contribution in [1.82, 2.24) is 10.1 Å². The van der Waals surface area contributed by atoms with Gasteiger partial charge in [-0.15, -0.1) is 0 Å². The van der Waals surface area contributed by atoms with Crippen molar-refractivity contribution in [3.63, 3.8) is 0 Å². The molecule has 0 aliphatic heterocycles. The van der Waals surface area contributed by atoms with Crippen LogP contribution in [0.2, 0.25) is 0 Å². The van der Waals surface area contributed by atoms with Gasteiger partial charge >= 0.3 is 0 Å². The lowest BCUT2D eigenvalue weighted by molar-refractivity contribution is 0.398. The number of fused-ring (bicyclic) bond motifs is 1. The molecule has 2 rings (SSSR count). The van der Waals surface area contributed by atoms with Gasteiger partial charge in [-0.3, -0.25) is 0 Å². The fourth-order valence-electron chi connectivity index (χ4n) is 1.69. The van der Waals surface area contributed by atoms with Gasteiger partial charge < -0.3 is 14.2 Å². The molecule has 2 aromatic rings. The second kappa shape index (κ2) is 4.53. The summed E-state index contributed by atoms with van der Waals surface area (Å²) in [5, 5.41) is 5.09. The van der Waals surface area contributed by atoms with Crippen molar-refractivity contribution in [2.45, 2.75) is 6.42 Å². The molecule has 0 saturated heterocycles. The lowest BCUT2D eigenvalue weighted by atomic mass is 10.1. The highest BCUT2D eigenvalue weighted by Crippen LogP contribution is 2.28. The van der Waals surface area contributed by atoms with Gasteiger partial charge in [0.25, 0.3) is 0 Å². The summed E-state index contributed by atoms with van der Waals surface area (Å²) >= 11 is 0. The number of nitrogens with zero attached hydrogens (tertiary/aromatic N) is 2. The molecule has 0 atom stereocenters. The summed E-state index contributed by atoms with van der Waals surface area (Å²) in [6, 6.07) is 5.74. The van der Waals surface area contributed by atoms with Crippen LogP contribution in [0.15, 0.2) is 22.7 Å². The minimum atomic E-state index is 0.785. The Kier molecular flexibility index (Phi) is 3.10. The molecular formula is C12H16N2O2. The third kappa shape index (κ3) is 2.02. The zero-order valence-corrected chi connectivity index (χ0v) is 9.86. The predicted octanol–water partition coefficient (Wildman–Crippen LogP) is 1.94. The van der Waals surface area contributed by atoms with E-state index in [2.05, 4.69) is 10.1 Å². The number of benzene rings is 1. The number of methoxy groups -OCH3 is 1. The number of likely N-dealkylation sites (N-methyl/N-ethyl adjacent to an activating group) is 1. The molecule has 0 unspecified atom stereocenters. The number of rotatable bonds is 4. The lowest BCUT2D eigenvalue weighted by Gasteiger charge is -2.07. The molecule has 16 heavy (non-hydrogen) atoms. The van der Waals surface area contributed by atoms with Crippen LogP contribution in [0.3, 0.4) is 0 Å². The molecule has 4 nitrogen and oxygen atoms in total. The Morgan fingerprint density at radius 1 is 1.38 bits per heavy atom. The van der Waals surface area contributed by atoms with E-state index in [0.29, 0.717) is 0 Å². The molecule has 0 spiro atoms. The average Bonchev–Trinajstić information content (AvgIpc) is 2.69. The summed E-state index contributed by atoms with van der Waals surface area (Å²) in [5.41, 5.74) is 1.74. The van der Waals surface area contributed by atoms with Crippen LogP contribution in [0.4, 0.5) is 0 Å². The highest BCUT2D eigenvalue weighted by Gasteiger charge is 2.12. The van der Waals surface area contributed by atoms with Crippen molar-refractivity contribution in [1.29, 1.82) is 0 Å². The molecule has 1 heterocycles. The molecule has 1 aromatic heterocycles. The van der Waals surface area contributed by atoms with Crippen LogP contribution >= 0.6 is 0 Å². The largest absolute Gasteiger partial charge is 0.496 e. The van der Waals surface area contributed by atoms with Crippen molar-refractivity contribution >= 4 is 11.0 Å². The molecule has 0 fully saturated rings. The number of hydrogen-bond donors (Lipinski definition) is 0. The highest BCUT2D eigenvalue weighted by molar-refractivity contribution is 5.86. The normalized spacial score (nSPS) is 11.2. The van der Waals surface area contributed by atoms with Gasteiger partial charge in [0, 0.05) is 13.0 Å². The Morgan fingerprint density at radius 3 is 2.88 bits per heavy atom. The molecule has 0 radical (unpaired) electrons. The van der Waals surface area contributed by atoms with Gasteiger partial charge in [-0.2, -0.15) is 0 Å². The maximum atomic E-state index is 5.32. The minimum absolute atomic E-state index is 0.785. The fourth-order valence-corrected chi connectivity index (χ4v) is 1.69. The SMILES string of the molecule is COc1cccc2onc(CCN(C)C)c12. The summed E-state index contributed by atoms with van der Waals surface area (Å²) in [6.07, 6.45) is 0.861. The smallest absolute Gasteiger partial charge is 0.170 e. The van der Waals surface area contributed by atoms with Gasteiger partial charge in [0.1, 0.15) is 5.75 Å². The minimum Gasteiger partial charge on any atom is -0.496 e.